The summed E-state index contributed by atoms with van der Waals surface area (Å²) in [6, 6.07) is -0.208. The maximum Gasteiger partial charge on any atom is 0.305 e. The van der Waals surface area contributed by atoms with Gasteiger partial charge in [-0.1, -0.05) is 0 Å². The molecule has 0 amide bonds. The molecule has 0 radical (unpaired) electrons. The molecule has 0 bridgehead atoms. The van der Waals surface area contributed by atoms with Gasteiger partial charge in [-0.2, -0.15) is 5.10 Å². The number of carboxylic acid groups (broad SMARTS) is 1. The molecule has 0 saturated heterocycles. The Bertz CT molecular complexity index is 320. The number of hydrogen-bond donors (Lipinski definition) is 2. The normalized spacial score (nSPS) is 13.1. The van der Waals surface area contributed by atoms with Crippen LogP contribution in [0.1, 0.15) is 37.9 Å². The van der Waals surface area contributed by atoms with Gasteiger partial charge in [-0.25, -0.2) is 0 Å². The van der Waals surface area contributed by atoms with Gasteiger partial charge in [0.25, 0.3) is 0 Å². The fraction of sp³-hybridized carbons (Fsp3) is 0.556. The molecule has 1 aromatic rings. The molecule has 0 aliphatic heterocycles. The summed E-state index contributed by atoms with van der Waals surface area (Å²) in [6.07, 6.45) is 3.34. The van der Waals surface area contributed by atoms with Crippen molar-refractivity contribution >= 4 is 5.97 Å². The summed E-state index contributed by atoms with van der Waals surface area (Å²) in [5.74, 6) is -0.894. The van der Waals surface area contributed by atoms with E-state index in [1.54, 1.807) is 17.1 Å². The Hall–Kier alpha value is -1.36. The molecule has 1 atom stereocenters. The van der Waals surface area contributed by atoms with E-state index in [0.29, 0.717) is 0 Å². The average Bonchev–Trinajstić information content (AvgIpc) is 2.50. The smallest absolute Gasteiger partial charge is 0.305 e. The van der Waals surface area contributed by atoms with Gasteiger partial charge < -0.3 is 10.8 Å². The molecular weight excluding hydrogens is 182 g/mol. The van der Waals surface area contributed by atoms with Gasteiger partial charge in [0.05, 0.1) is 12.6 Å². The van der Waals surface area contributed by atoms with Crippen molar-refractivity contribution in [1.82, 2.24) is 9.78 Å². The number of aliphatic carboxylic acids is 1. The van der Waals surface area contributed by atoms with Crippen molar-refractivity contribution in [2.75, 3.05) is 0 Å². The Morgan fingerprint density at radius 3 is 2.79 bits per heavy atom. The first-order chi connectivity index (χ1) is 6.50. The van der Waals surface area contributed by atoms with Crippen molar-refractivity contribution in [2.45, 2.75) is 32.4 Å². The topological polar surface area (TPSA) is 81.1 Å². The van der Waals surface area contributed by atoms with Crippen molar-refractivity contribution in [1.29, 1.82) is 0 Å². The van der Waals surface area contributed by atoms with E-state index in [1.165, 1.54) is 0 Å². The van der Waals surface area contributed by atoms with Gasteiger partial charge in [0.1, 0.15) is 0 Å². The van der Waals surface area contributed by atoms with Gasteiger partial charge in [-0.3, -0.25) is 9.48 Å². The number of nitrogens with zero attached hydrogens (tertiary/aromatic N) is 2. The van der Waals surface area contributed by atoms with E-state index in [9.17, 15) is 4.79 Å². The zero-order valence-electron chi connectivity index (χ0n) is 8.34. The third-order valence-corrected chi connectivity index (χ3v) is 1.97. The Kier molecular flexibility index (Phi) is 3.24. The van der Waals surface area contributed by atoms with Gasteiger partial charge in [0, 0.05) is 23.8 Å². The summed E-state index contributed by atoms with van der Waals surface area (Å²) >= 11 is 0. The quantitative estimate of drug-likeness (QED) is 0.752. The van der Waals surface area contributed by atoms with Crippen LogP contribution < -0.4 is 5.73 Å². The van der Waals surface area contributed by atoms with Crippen molar-refractivity contribution in [3.8, 4) is 0 Å². The van der Waals surface area contributed by atoms with Crippen LogP contribution in [0.5, 0.6) is 0 Å². The van der Waals surface area contributed by atoms with Crippen LogP contribution in [0.4, 0.5) is 0 Å². The monoisotopic (exact) mass is 197 g/mol. The summed E-state index contributed by atoms with van der Waals surface area (Å²) in [7, 11) is 0. The molecular formula is C9H15N3O2. The SMILES string of the molecule is CC(C)n1cc([C@@H](N)CC(=O)O)cn1. The highest BCUT2D eigenvalue weighted by Crippen LogP contribution is 2.14. The predicted octanol–water partition coefficient (Wildman–Crippen LogP) is 0.939. The minimum Gasteiger partial charge on any atom is -0.481 e. The molecule has 78 valence electrons. The van der Waals surface area contributed by atoms with Gasteiger partial charge in [-0.05, 0) is 13.8 Å². The zero-order chi connectivity index (χ0) is 10.7. The molecule has 1 heterocycles. The molecule has 14 heavy (non-hydrogen) atoms. The molecule has 0 unspecified atom stereocenters. The van der Waals surface area contributed by atoms with E-state index in [-0.39, 0.29) is 12.5 Å². The highest BCUT2D eigenvalue weighted by Gasteiger charge is 2.12. The zero-order valence-corrected chi connectivity index (χ0v) is 8.34. The van der Waals surface area contributed by atoms with Crippen LogP contribution >= 0.6 is 0 Å². The van der Waals surface area contributed by atoms with Crippen LogP contribution in [0, 0.1) is 0 Å². The van der Waals surface area contributed by atoms with Crippen LogP contribution in [-0.4, -0.2) is 20.9 Å². The largest absolute Gasteiger partial charge is 0.481 e. The van der Waals surface area contributed by atoms with Gasteiger partial charge in [0.2, 0.25) is 0 Å². The average molecular weight is 197 g/mol. The third-order valence-electron chi connectivity index (χ3n) is 1.97. The third kappa shape index (κ3) is 2.56. The second kappa shape index (κ2) is 4.23. The number of aromatic nitrogens is 2. The van der Waals surface area contributed by atoms with Gasteiger partial charge in [-0.15, -0.1) is 0 Å². The van der Waals surface area contributed by atoms with Crippen LogP contribution in [0.15, 0.2) is 12.4 Å². The van der Waals surface area contributed by atoms with Gasteiger partial charge >= 0.3 is 5.97 Å². The Morgan fingerprint density at radius 1 is 1.71 bits per heavy atom. The summed E-state index contributed by atoms with van der Waals surface area (Å²) in [5.41, 5.74) is 6.44. The molecule has 1 rings (SSSR count). The summed E-state index contributed by atoms with van der Waals surface area (Å²) in [5, 5.41) is 12.6. The lowest BCUT2D eigenvalue weighted by atomic mass is 10.1. The lowest BCUT2D eigenvalue weighted by Crippen LogP contribution is -2.14. The predicted molar refractivity (Wildman–Crippen MR) is 51.8 cm³/mol. The maximum absolute atomic E-state index is 10.4. The summed E-state index contributed by atoms with van der Waals surface area (Å²) in [4.78, 5) is 10.4. The first kappa shape index (κ1) is 10.7. The second-order valence-electron chi connectivity index (χ2n) is 3.55. The molecule has 3 N–H and O–H groups in total. The van der Waals surface area contributed by atoms with E-state index in [0.717, 1.165) is 5.56 Å². The second-order valence-corrected chi connectivity index (χ2v) is 3.55. The molecule has 5 nitrogen and oxygen atoms in total. The lowest BCUT2D eigenvalue weighted by molar-refractivity contribution is -0.137. The maximum atomic E-state index is 10.4. The molecule has 0 saturated carbocycles. The van der Waals surface area contributed by atoms with Crippen LogP contribution in [0.25, 0.3) is 0 Å². The van der Waals surface area contributed by atoms with E-state index in [2.05, 4.69) is 5.10 Å². The molecule has 0 aromatic carbocycles. The summed E-state index contributed by atoms with van der Waals surface area (Å²) in [6.45, 7) is 4.00. The fourth-order valence-electron chi connectivity index (χ4n) is 1.13. The highest BCUT2D eigenvalue weighted by atomic mass is 16.4. The van der Waals surface area contributed by atoms with Crippen LogP contribution in [0.2, 0.25) is 0 Å². The molecule has 5 heteroatoms. The fourth-order valence-corrected chi connectivity index (χ4v) is 1.13. The Morgan fingerprint density at radius 2 is 2.36 bits per heavy atom. The van der Waals surface area contributed by atoms with Gasteiger partial charge in [0.15, 0.2) is 0 Å². The molecule has 0 spiro atoms. The Balaban J connectivity index is 2.71. The molecule has 0 aliphatic rings. The minimum atomic E-state index is -0.894. The van der Waals surface area contributed by atoms with E-state index in [4.69, 9.17) is 10.8 Å². The summed E-state index contributed by atoms with van der Waals surface area (Å²) < 4.78 is 1.76. The number of carboxylic acids is 1. The van der Waals surface area contributed by atoms with Crippen LogP contribution in [0.3, 0.4) is 0 Å². The number of rotatable bonds is 4. The van der Waals surface area contributed by atoms with Crippen molar-refractivity contribution in [3.05, 3.63) is 18.0 Å². The van der Waals surface area contributed by atoms with E-state index < -0.39 is 12.0 Å². The standard InChI is InChI=1S/C9H15N3O2/c1-6(2)12-5-7(4-11-12)8(10)3-9(13)14/h4-6,8H,3,10H2,1-2H3,(H,13,14)/t8-/m0/s1. The Labute approximate surface area is 82.5 Å². The number of hydrogen-bond acceptors (Lipinski definition) is 3. The van der Waals surface area contributed by atoms with E-state index in [1.807, 2.05) is 13.8 Å². The van der Waals surface area contributed by atoms with Crippen LogP contribution in [-0.2, 0) is 4.79 Å². The van der Waals surface area contributed by atoms with Crippen molar-refractivity contribution in [3.63, 3.8) is 0 Å². The highest BCUT2D eigenvalue weighted by molar-refractivity contribution is 5.67. The van der Waals surface area contributed by atoms with E-state index >= 15 is 0 Å². The molecule has 0 aliphatic carbocycles. The van der Waals surface area contributed by atoms with Crippen molar-refractivity contribution < 1.29 is 9.90 Å². The first-order valence-electron chi connectivity index (χ1n) is 4.52. The molecule has 1 aromatic heterocycles. The number of nitrogens with two attached hydrogens (primary N) is 1. The lowest BCUT2D eigenvalue weighted by Gasteiger charge is -2.06. The number of carbonyl (C=O) groups is 1. The van der Waals surface area contributed by atoms with Crippen molar-refractivity contribution in [2.24, 2.45) is 5.73 Å². The minimum absolute atomic E-state index is 0.0657. The first-order valence-corrected chi connectivity index (χ1v) is 4.52. The molecule has 0 fully saturated rings.